The van der Waals surface area contributed by atoms with Gasteiger partial charge in [0.2, 0.25) is 0 Å². The molecule has 112 valence electrons. The zero-order valence-corrected chi connectivity index (χ0v) is 14.1. The molecule has 19 heavy (non-hydrogen) atoms. The Bertz CT molecular complexity index is 263. The van der Waals surface area contributed by atoms with Gasteiger partial charge in [0, 0.05) is 18.9 Å². The van der Waals surface area contributed by atoms with Crippen LogP contribution in [0.3, 0.4) is 0 Å². The number of allylic oxidation sites excluding steroid dienone is 3. The molecule has 0 amide bonds. The van der Waals surface area contributed by atoms with Crippen LogP contribution in [0.25, 0.3) is 0 Å². The van der Waals surface area contributed by atoms with Crippen molar-refractivity contribution < 1.29 is 0 Å². The Hall–Kier alpha value is -0.980. The second-order valence-corrected chi connectivity index (χ2v) is 4.87. The molecule has 1 unspecified atom stereocenters. The summed E-state index contributed by atoms with van der Waals surface area (Å²) >= 11 is 0. The first-order chi connectivity index (χ1) is 9.04. The Morgan fingerprint density at radius 3 is 2.21 bits per heavy atom. The summed E-state index contributed by atoms with van der Waals surface area (Å²) in [7, 11) is 2.04. The fourth-order valence-electron chi connectivity index (χ4n) is 1.82. The molecule has 0 aliphatic carbocycles. The normalized spacial score (nSPS) is 12.2. The number of rotatable bonds is 9. The Balaban J connectivity index is 0. The molecule has 1 heteroatoms. The molecule has 0 rings (SSSR count). The van der Waals surface area contributed by atoms with Gasteiger partial charge in [-0.1, -0.05) is 72.6 Å². The molecule has 0 aromatic heterocycles. The quantitative estimate of drug-likeness (QED) is 0.452. The lowest BCUT2D eigenvalue weighted by Crippen LogP contribution is -2.09. The third kappa shape index (κ3) is 10.6. The van der Waals surface area contributed by atoms with Gasteiger partial charge in [-0.3, -0.25) is 0 Å². The monoisotopic (exact) mass is 265 g/mol. The van der Waals surface area contributed by atoms with Gasteiger partial charge in [-0.15, -0.1) is 0 Å². The lowest BCUT2D eigenvalue weighted by Gasteiger charge is -2.19. The third-order valence-corrected chi connectivity index (χ3v) is 3.29. The lowest BCUT2D eigenvalue weighted by atomic mass is 9.92. The van der Waals surface area contributed by atoms with Crippen molar-refractivity contribution in [3.8, 4) is 0 Å². The molecule has 0 aromatic carbocycles. The van der Waals surface area contributed by atoms with Crippen molar-refractivity contribution in [2.45, 2.75) is 66.7 Å². The van der Waals surface area contributed by atoms with Crippen LogP contribution in [0.5, 0.6) is 0 Å². The average Bonchev–Trinajstić information content (AvgIpc) is 2.43. The first kappa shape index (κ1) is 20.3. The maximum Gasteiger partial charge on any atom is 0.0109 e. The number of hydrogen-bond acceptors (Lipinski definition) is 1. The van der Waals surface area contributed by atoms with E-state index in [0.717, 1.165) is 18.0 Å². The molecule has 0 aliphatic heterocycles. The van der Waals surface area contributed by atoms with Crippen molar-refractivity contribution in [2.75, 3.05) is 7.05 Å². The fraction of sp³-hybridized carbons (Fsp3) is 0.667. The highest BCUT2D eigenvalue weighted by Gasteiger charge is 2.08. The Morgan fingerprint density at radius 1 is 1.26 bits per heavy atom. The molecule has 0 aliphatic rings. The SMILES string of the molecule is C=C/C(=C\N(C)C(=C)C)CC(CC)CCCC.CC. The highest BCUT2D eigenvalue weighted by molar-refractivity contribution is 5.17. The standard InChI is InChI=1S/C16H29N.C2H6/c1-7-10-11-15(8-2)12-16(9-3)13-17(6)14(4)5;1-2/h9,13,15H,3-4,7-8,10-12H2,1-2,5-6H3;1-2H3/b16-13+;. The van der Waals surface area contributed by atoms with E-state index in [-0.39, 0.29) is 0 Å². The Morgan fingerprint density at radius 2 is 1.84 bits per heavy atom. The predicted octanol–water partition coefficient (Wildman–Crippen LogP) is 6.15. The second kappa shape index (κ2) is 13.5. The van der Waals surface area contributed by atoms with Gasteiger partial charge in [-0.2, -0.15) is 0 Å². The van der Waals surface area contributed by atoms with E-state index in [2.05, 4.69) is 38.1 Å². The van der Waals surface area contributed by atoms with Crippen LogP contribution in [0.2, 0.25) is 0 Å². The molecule has 1 nitrogen and oxygen atoms in total. The molecule has 0 fully saturated rings. The van der Waals surface area contributed by atoms with Gasteiger partial charge >= 0.3 is 0 Å². The summed E-state index contributed by atoms with van der Waals surface area (Å²) in [6, 6.07) is 0. The molecular formula is C18H35N. The average molecular weight is 265 g/mol. The van der Waals surface area contributed by atoms with E-state index in [0.29, 0.717) is 0 Å². The van der Waals surface area contributed by atoms with Crippen molar-refractivity contribution >= 4 is 0 Å². The van der Waals surface area contributed by atoms with Crippen molar-refractivity contribution in [3.05, 3.63) is 36.7 Å². The summed E-state index contributed by atoms with van der Waals surface area (Å²) in [4.78, 5) is 2.07. The fourth-order valence-corrected chi connectivity index (χ4v) is 1.82. The van der Waals surface area contributed by atoms with Crippen molar-refractivity contribution in [2.24, 2.45) is 5.92 Å². The summed E-state index contributed by atoms with van der Waals surface area (Å²) in [6.45, 7) is 18.4. The van der Waals surface area contributed by atoms with Gasteiger partial charge < -0.3 is 4.90 Å². The third-order valence-electron chi connectivity index (χ3n) is 3.29. The van der Waals surface area contributed by atoms with Crippen LogP contribution in [-0.2, 0) is 0 Å². The number of hydrogen-bond donors (Lipinski definition) is 0. The number of nitrogens with zero attached hydrogens (tertiary/aromatic N) is 1. The van der Waals surface area contributed by atoms with E-state index < -0.39 is 0 Å². The summed E-state index contributed by atoms with van der Waals surface area (Å²) in [5, 5.41) is 0. The van der Waals surface area contributed by atoms with E-state index in [4.69, 9.17) is 0 Å². The van der Waals surface area contributed by atoms with Crippen LogP contribution in [0.1, 0.15) is 66.7 Å². The van der Waals surface area contributed by atoms with Gasteiger partial charge in [0.25, 0.3) is 0 Å². The van der Waals surface area contributed by atoms with Crippen LogP contribution in [0.4, 0.5) is 0 Å². The molecule has 1 atom stereocenters. The zero-order valence-electron chi connectivity index (χ0n) is 14.1. The van der Waals surface area contributed by atoms with Crippen molar-refractivity contribution in [1.29, 1.82) is 0 Å². The molecule has 0 N–H and O–H groups in total. The molecule has 0 heterocycles. The molecule has 0 spiro atoms. The molecule has 0 saturated heterocycles. The van der Waals surface area contributed by atoms with E-state index >= 15 is 0 Å². The summed E-state index contributed by atoms with van der Waals surface area (Å²) in [5.41, 5.74) is 2.38. The van der Waals surface area contributed by atoms with Crippen LogP contribution >= 0.6 is 0 Å². The molecule has 0 radical (unpaired) electrons. The molecule has 0 bridgehead atoms. The van der Waals surface area contributed by atoms with Crippen LogP contribution < -0.4 is 0 Å². The number of unbranched alkanes of at least 4 members (excludes halogenated alkanes) is 1. The highest BCUT2D eigenvalue weighted by atomic mass is 15.1. The van der Waals surface area contributed by atoms with Gasteiger partial charge in [-0.25, -0.2) is 0 Å². The minimum Gasteiger partial charge on any atom is -0.355 e. The van der Waals surface area contributed by atoms with E-state index in [1.807, 2.05) is 33.9 Å². The lowest BCUT2D eigenvalue weighted by molar-refractivity contribution is 0.446. The molecule has 0 aromatic rings. The Kier molecular flexibility index (Phi) is 14.4. The smallest absolute Gasteiger partial charge is 0.0109 e. The predicted molar refractivity (Wildman–Crippen MR) is 90.1 cm³/mol. The summed E-state index contributed by atoms with van der Waals surface area (Å²) < 4.78 is 0. The van der Waals surface area contributed by atoms with Gasteiger partial charge in [-0.05, 0) is 24.8 Å². The highest BCUT2D eigenvalue weighted by Crippen LogP contribution is 2.22. The van der Waals surface area contributed by atoms with Gasteiger partial charge in [0.15, 0.2) is 0 Å². The topological polar surface area (TPSA) is 3.24 Å². The van der Waals surface area contributed by atoms with E-state index in [1.165, 1.54) is 31.3 Å². The molecule has 0 saturated carbocycles. The first-order valence-corrected chi connectivity index (χ1v) is 7.76. The summed E-state index contributed by atoms with van der Waals surface area (Å²) in [6.07, 6.45) is 10.5. The van der Waals surface area contributed by atoms with Gasteiger partial charge in [0.05, 0.1) is 0 Å². The molecular weight excluding hydrogens is 230 g/mol. The van der Waals surface area contributed by atoms with Gasteiger partial charge in [0.1, 0.15) is 0 Å². The van der Waals surface area contributed by atoms with Crippen molar-refractivity contribution in [3.63, 3.8) is 0 Å². The summed E-state index contributed by atoms with van der Waals surface area (Å²) in [5.74, 6) is 0.790. The van der Waals surface area contributed by atoms with E-state index in [1.54, 1.807) is 0 Å². The zero-order chi connectivity index (χ0) is 15.3. The van der Waals surface area contributed by atoms with Crippen molar-refractivity contribution in [1.82, 2.24) is 4.90 Å². The van der Waals surface area contributed by atoms with Crippen LogP contribution in [0, 0.1) is 5.92 Å². The maximum atomic E-state index is 3.94. The maximum absolute atomic E-state index is 3.94. The second-order valence-electron chi connectivity index (χ2n) is 4.87. The van der Waals surface area contributed by atoms with Crippen LogP contribution in [0.15, 0.2) is 36.7 Å². The minimum atomic E-state index is 0.790. The minimum absolute atomic E-state index is 0.790. The largest absolute Gasteiger partial charge is 0.355 e. The first-order valence-electron chi connectivity index (χ1n) is 7.76. The Labute approximate surface area is 122 Å². The van der Waals surface area contributed by atoms with E-state index in [9.17, 15) is 0 Å². The van der Waals surface area contributed by atoms with Crippen LogP contribution in [-0.4, -0.2) is 11.9 Å².